The molecule has 2 aliphatic heterocycles. The van der Waals surface area contributed by atoms with Crippen LogP contribution in [-0.4, -0.2) is 55.9 Å². The highest BCUT2D eigenvalue weighted by Crippen LogP contribution is 2.37. The summed E-state index contributed by atoms with van der Waals surface area (Å²) in [5.41, 5.74) is 0. The van der Waals surface area contributed by atoms with E-state index in [1.165, 1.54) is 6.42 Å². The molecule has 2 fully saturated rings. The molecule has 0 aromatic rings. The van der Waals surface area contributed by atoms with Crippen molar-refractivity contribution in [1.82, 2.24) is 14.3 Å². The Kier molecular flexibility index (Phi) is 5.76. The van der Waals surface area contributed by atoms with Gasteiger partial charge in [0, 0.05) is 30.4 Å². The van der Waals surface area contributed by atoms with E-state index in [1.807, 2.05) is 18.8 Å². The summed E-state index contributed by atoms with van der Waals surface area (Å²) in [5, 5.41) is 3.11. The first kappa shape index (κ1) is 16.5. The molecule has 2 aliphatic rings. The van der Waals surface area contributed by atoms with Gasteiger partial charge in [-0.05, 0) is 45.4 Å². The summed E-state index contributed by atoms with van der Waals surface area (Å²) in [6.45, 7) is 4.08. The molecule has 0 spiro atoms. The van der Waals surface area contributed by atoms with Crippen molar-refractivity contribution in [2.75, 3.05) is 32.4 Å². The third-order valence-corrected chi connectivity index (χ3v) is 7.40. The summed E-state index contributed by atoms with van der Waals surface area (Å²) in [6, 6.07) is 0.0929. The Labute approximate surface area is 127 Å². The van der Waals surface area contributed by atoms with Crippen LogP contribution in [0.3, 0.4) is 0 Å². The van der Waals surface area contributed by atoms with Gasteiger partial charge in [-0.2, -0.15) is 24.5 Å². The van der Waals surface area contributed by atoms with Crippen LogP contribution in [-0.2, 0) is 10.2 Å². The number of piperidine rings is 1. The Morgan fingerprint density at radius 2 is 2.15 bits per heavy atom. The molecule has 2 heterocycles. The van der Waals surface area contributed by atoms with Gasteiger partial charge < -0.3 is 5.32 Å². The normalized spacial score (nSPS) is 32.6. The summed E-state index contributed by atoms with van der Waals surface area (Å²) in [4.78, 5) is 0. The first-order chi connectivity index (χ1) is 9.47. The van der Waals surface area contributed by atoms with E-state index in [1.54, 1.807) is 4.31 Å². The first-order valence-corrected chi connectivity index (χ1v) is 9.94. The predicted molar refractivity (Wildman–Crippen MR) is 85.3 cm³/mol. The average molecular weight is 322 g/mol. The molecular formula is C13H27N3O2S2. The zero-order valence-corrected chi connectivity index (χ0v) is 14.2. The highest BCUT2D eigenvalue weighted by Gasteiger charge is 2.35. The SMILES string of the molecule is CNCC1CCCCN1S(=O)(=O)NCC1(C)CCCS1. The van der Waals surface area contributed by atoms with Gasteiger partial charge in [-0.3, -0.25) is 0 Å². The third kappa shape index (κ3) is 4.10. The van der Waals surface area contributed by atoms with Crippen molar-refractivity contribution in [3.63, 3.8) is 0 Å². The molecule has 0 aliphatic carbocycles. The van der Waals surface area contributed by atoms with Gasteiger partial charge in [0.1, 0.15) is 0 Å². The van der Waals surface area contributed by atoms with Crippen molar-refractivity contribution in [2.24, 2.45) is 0 Å². The van der Waals surface area contributed by atoms with E-state index >= 15 is 0 Å². The molecule has 2 N–H and O–H groups in total. The van der Waals surface area contributed by atoms with Crippen molar-refractivity contribution in [3.05, 3.63) is 0 Å². The zero-order chi connectivity index (χ0) is 14.6. The minimum atomic E-state index is -3.35. The topological polar surface area (TPSA) is 61.4 Å². The predicted octanol–water partition coefficient (Wildman–Crippen LogP) is 1.18. The van der Waals surface area contributed by atoms with Crippen LogP contribution in [0.5, 0.6) is 0 Å². The van der Waals surface area contributed by atoms with Crippen molar-refractivity contribution in [2.45, 2.75) is 49.8 Å². The Morgan fingerprint density at radius 3 is 2.80 bits per heavy atom. The van der Waals surface area contributed by atoms with Crippen molar-refractivity contribution < 1.29 is 8.42 Å². The highest BCUT2D eigenvalue weighted by atomic mass is 32.2. The lowest BCUT2D eigenvalue weighted by Crippen LogP contribution is -2.53. The lowest BCUT2D eigenvalue weighted by Gasteiger charge is -2.35. The Hall–Kier alpha value is 0.180. The van der Waals surface area contributed by atoms with Crippen LogP contribution in [0.1, 0.15) is 39.0 Å². The van der Waals surface area contributed by atoms with Crippen LogP contribution in [0.15, 0.2) is 0 Å². The van der Waals surface area contributed by atoms with Gasteiger partial charge in [0.25, 0.3) is 10.2 Å². The molecule has 20 heavy (non-hydrogen) atoms. The lowest BCUT2D eigenvalue weighted by molar-refractivity contribution is 0.245. The number of nitrogens with one attached hydrogen (secondary N) is 2. The number of rotatable bonds is 6. The van der Waals surface area contributed by atoms with Gasteiger partial charge in [-0.1, -0.05) is 6.42 Å². The zero-order valence-electron chi connectivity index (χ0n) is 12.5. The second kappa shape index (κ2) is 6.96. The summed E-state index contributed by atoms with van der Waals surface area (Å²) in [5.74, 6) is 1.14. The molecule has 2 atom stereocenters. The number of thioether (sulfide) groups is 1. The molecule has 0 bridgehead atoms. The highest BCUT2D eigenvalue weighted by molar-refractivity contribution is 8.00. The van der Waals surface area contributed by atoms with E-state index in [0.717, 1.165) is 38.0 Å². The van der Waals surface area contributed by atoms with E-state index in [2.05, 4.69) is 17.0 Å². The molecule has 5 nitrogen and oxygen atoms in total. The van der Waals surface area contributed by atoms with Crippen molar-refractivity contribution in [1.29, 1.82) is 0 Å². The molecular weight excluding hydrogens is 294 g/mol. The quantitative estimate of drug-likeness (QED) is 0.771. The van der Waals surface area contributed by atoms with E-state index in [4.69, 9.17) is 0 Å². The number of hydrogen-bond acceptors (Lipinski definition) is 4. The van der Waals surface area contributed by atoms with Crippen LogP contribution in [0.4, 0.5) is 0 Å². The van der Waals surface area contributed by atoms with Crippen LogP contribution < -0.4 is 10.0 Å². The molecule has 2 unspecified atom stereocenters. The van der Waals surface area contributed by atoms with E-state index in [0.29, 0.717) is 13.1 Å². The molecule has 0 radical (unpaired) electrons. The summed E-state index contributed by atoms with van der Waals surface area (Å²) < 4.78 is 29.7. The summed E-state index contributed by atoms with van der Waals surface area (Å²) in [6.07, 6.45) is 5.32. The molecule has 2 saturated heterocycles. The fraction of sp³-hybridized carbons (Fsp3) is 1.00. The fourth-order valence-electron chi connectivity index (χ4n) is 3.03. The van der Waals surface area contributed by atoms with Crippen molar-refractivity contribution in [3.8, 4) is 0 Å². The monoisotopic (exact) mass is 321 g/mol. The standard InChI is InChI=1S/C13H27N3O2S2/c1-13(7-5-9-19-13)11-15-20(17,18)16-8-4-3-6-12(16)10-14-2/h12,14-15H,3-11H2,1-2H3. The first-order valence-electron chi connectivity index (χ1n) is 7.52. The van der Waals surface area contributed by atoms with Crippen LogP contribution >= 0.6 is 11.8 Å². The largest absolute Gasteiger partial charge is 0.318 e. The maximum Gasteiger partial charge on any atom is 0.279 e. The van der Waals surface area contributed by atoms with Gasteiger partial charge >= 0.3 is 0 Å². The second-order valence-electron chi connectivity index (χ2n) is 6.05. The summed E-state index contributed by atoms with van der Waals surface area (Å²) in [7, 11) is -1.47. The Balaban J connectivity index is 1.97. The van der Waals surface area contributed by atoms with Gasteiger partial charge in [0.15, 0.2) is 0 Å². The average Bonchev–Trinajstić information content (AvgIpc) is 2.85. The van der Waals surface area contributed by atoms with E-state index in [-0.39, 0.29) is 10.8 Å². The number of hydrogen-bond donors (Lipinski definition) is 2. The molecule has 0 amide bonds. The molecule has 0 aromatic heterocycles. The maximum absolute atomic E-state index is 12.5. The summed E-state index contributed by atoms with van der Waals surface area (Å²) >= 11 is 1.89. The lowest BCUT2D eigenvalue weighted by atomic mass is 10.1. The molecule has 0 aromatic carbocycles. The minimum absolute atomic E-state index is 0.0708. The smallest absolute Gasteiger partial charge is 0.279 e. The van der Waals surface area contributed by atoms with Gasteiger partial charge in [0.2, 0.25) is 0 Å². The van der Waals surface area contributed by atoms with Crippen LogP contribution in [0.25, 0.3) is 0 Å². The van der Waals surface area contributed by atoms with E-state index < -0.39 is 10.2 Å². The maximum atomic E-state index is 12.5. The van der Waals surface area contributed by atoms with E-state index in [9.17, 15) is 8.42 Å². The van der Waals surface area contributed by atoms with Crippen LogP contribution in [0, 0.1) is 0 Å². The molecule has 7 heteroatoms. The Morgan fingerprint density at radius 1 is 1.35 bits per heavy atom. The molecule has 0 saturated carbocycles. The van der Waals surface area contributed by atoms with Crippen LogP contribution in [0.2, 0.25) is 0 Å². The minimum Gasteiger partial charge on any atom is -0.318 e. The number of nitrogens with zero attached hydrogens (tertiary/aromatic N) is 1. The van der Waals surface area contributed by atoms with Gasteiger partial charge in [-0.15, -0.1) is 0 Å². The third-order valence-electron chi connectivity index (χ3n) is 4.25. The van der Waals surface area contributed by atoms with Crippen molar-refractivity contribution >= 4 is 22.0 Å². The molecule has 118 valence electrons. The van der Waals surface area contributed by atoms with Gasteiger partial charge in [0.05, 0.1) is 0 Å². The van der Waals surface area contributed by atoms with Gasteiger partial charge in [-0.25, -0.2) is 4.72 Å². The fourth-order valence-corrected chi connectivity index (χ4v) is 5.98. The Bertz CT molecular complexity index is 406. The molecule has 2 rings (SSSR count). The number of likely N-dealkylation sites (N-methyl/N-ethyl adjacent to an activating group) is 1. The second-order valence-corrected chi connectivity index (χ2v) is 9.44.